The van der Waals surface area contributed by atoms with Crippen LogP contribution in [0, 0.1) is 6.92 Å². The van der Waals surface area contributed by atoms with Crippen molar-refractivity contribution in [2.24, 2.45) is 0 Å². The van der Waals surface area contributed by atoms with Gasteiger partial charge in [0.25, 0.3) is 0 Å². The minimum atomic E-state index is 0.210. The van der Waals surface area contributed by atoms with Crippen molar-refractivity contribution in [3.05, 3.63) is 20.3 Å². The number of thiophene rings is 1. The average Bonchev–Trinajstić information content (AvgIpc) is 2.48. The summed E-state index contributed by atoms with van der Waals surface area (Å²) in [6, 6.07) is 2.35. The van der Waals surface area contributed by atoms with Crippen molar-refractivity contribution in [2.75, 3.05) is 6.61 Å². The normalized spacial score (nSPS) is 13.1. The standard InChI is InChI=1S/C10H16BrNOS/c1-3-8(6-13)12-5-9-4-10(11)7(2)14-9/h4,8,12-13H,3,5-6H2,1-2H3. The van der Waals surface area contributed by atoms with Gasteiger partial charge in [0.1, 0.15) is 0 Å². The number of hydrogen-bond acceptors (Lipinski definition) is 3. The zero-order chi connectivity index (χ0) is 10.6. The molecule has 0 spiro atoms. The maximum atomic E-state index is 9.00. The van der Waals surface area contributed by atoms with E-state index in [9.17, 15) is 0 Å². The van der Waals surface area contributed by atoms with Crippen LogP contribution in [0.2, 0.25) is 0 Å². The average molecular weight is 278 g/mol. The van der Waals surface area contributed by atoms with Gasteiger partial charge in [0.05, 0.1) is 6.61 Å². The van der Waals surface area contributed by atoms with Gasteiger partial charge in [0.2, 0.25) is 0 Å². The van der Waals surface area contributed by atoms with Crippen LogP contribution >= 0.6 is 27.3 Å². The minimum Gasteiger partial charge on any atom is -0.395 e. The first-order valence-electron chi connectivity index (χ1n) is 4.76. The Labute approximate surface area is 97.5 Å². The van der Waals surface area contributed by atoms with Crippen LogP contribution in [0.15, 0.2) is 10.5 Å². The summed E-state index contributed by atoms with van der Waals surface area (Å²) in [6.07, 6.45) is 0.960. The van der Waals surface area contributed by atoms with Crippen molar-refractivity contribution in [3.63, 3.8) is 0 Å². The van der Waals surface area contributed by atoms with Gasteiger partial charge >= 0.3 is 0 Å². The van der Waals surface area contributed by atoms with E-state index in [0.717, 1.165) is 13.0 Å². The maximum absolute atomic E-state index is 9.00. The Kier molecular flexibility index (Phi) is 5.09. The molecule has 1 aromatic heterocycles. The van der Waals surface area contributed by atoms with Gasteiger partial charge in [-0.05, 0) is 35.3 Å². The zero-order valence-corrected chi connectivity index (χ0v) is 10.9. The van der Waals surface area contributed by atoms with Crippen LogP contribution in [0.5, 0.6) is 0 Å². The fourth-order valence-corrected chi connectivity index (χ4v) is 2.74. The van der Waals surface area contributed by atoms with Gasteiger partial charge in [-0.1, -0.05) is 6.92 Å². The van der Waals surface area contributed by atoms with Crippen LogP contribution in [0.25, 0.3) is 0 Å². The van der Waals surface area contributed by atoms with Crippen molar-refractivity contribution < 1.29 is 5.11 Å². The number of rotatable bonds is 5. The topological polar surface area (TPSA) is 32.3 Å². The highest BCUT2D eigenvalue weighted by Crippen LogP contribution is 2.26. The Balaban J connectivity index is 2.45. The van der Waals surface area contributed by atoms with Gasteiger partial charge in [-0.25, -0.2) is 0 Å². The third-order valence-corrected chi connectivity index (χ3v) is 4.32. The Morgan fingerprint density at radius 2 is 2.36 bits per heavy atom. The van der Waals surface area contributed by atoms with Gasteiger partial charge in [-0.2, -0.15) is 0 Å². The number of hydrogen-bond donors (Lipinski definition) is 2. The van der Waals surface area contributed by atoms with Crippen molar-refractivity contribution in [1.29, 1.82) is 0 Å². The fourth-order valence-electron chi connectivity index (χ4n) is 1.19. The Hall–Kier alpha value is 0.1000. The monoisotopic (exact) mass is 277 g/mol. The first-order valence-corrected chi connectivity index (χ1v) is 6.37. The number of halogens is 1. The summed E-state index contributed by atoms with van der Waals surface area (Å²) in [5.74, 6) is 0. The molecule has 1 unspecified atom stereocenters. The lowest BCUT2D eigenvalue weighted by Crippen LogP contribution is -2.30. The molecule has 0 saturated heterocycles. The summed E-state index contributed by atoms with van der Waals surface area (Å²) in [4.78, 5) is 2.61. The highest BCUT2D eigenvalue weighted by Gasteiger charge is 2.06. The van der Waals surface area contributed by atoms with Gasteiger partial charge in [0.15, 0.2) is 0 Å². The van der Waals surface area contributed by atoms with Crippen LogP contribution in [-0.4, -0.2) is 17.8 Å². The van der Waals surface area contributed by atoms with Gasteiger partial charge in [-0.15, -0.1) is 11.3 Å². The van der Waals surface area contributed by atoms with Crippen LogP contribution in [0.3, 0.4) is 0 Å². The van der Waals surface area contributed by atoms with Gasteiger partial charge in [-0.3, -0.25) is 0 Å². The number of aliphatic hydroxyl groups excluding tert-OH is 1. The number of nitrogens with one attached hydrogen (secondary N) is 1. The second kappa shape index (κ2) is 5.85. The van der Waals surface area contributed by atoms with E-state index in [-0.39, 0.29) is 12.6 Å². The Morgan fingerprint density at radius 1 is 1.64 bits per heavy atom. The predicted octanol–water partition coefficient (Wildman–Crippen LogP) is 2.68. The summed E-state index contributed by atoms with van der Waals surface area (Å²) in [6.45, 7) is 5.23. The Morgan fingerprint density at radius 3 is 2.79 bits per heavy atom. The zero-order valence-electron chi connectivity index (χ0n) is 8.51. The van der Waals surface area contributed by atoms with Crippen molar-refractivity contribution >= 4 is 27.3 Å². The molecule has 1 rings (SSSR count). The van der Waals surface area contributed by atoms with E-state index in [2.05, 4.69) is 41.2 Å². The van der Waals surface area contributed by atoms with E-state index in [1.54, 1.807) is 11.3 Å². The summed E-state index contributed by atoms with van der Waals surface area (Å²) < 4.78 is 1.18. The molecule has 80 valence electrons. The third kappa shape index (κ3) is 3.35. The largest absolute Gasteiger partial charge is 0.395 e. The molecule has 14 heavy (non-hydrogen) atoms. The minimum absolute atomic E-state index is 0.210. The molecule has 1 atom stereocenters. The second-order valence-corrected chi connectivity index (χ2v) is 5.48. The first kappa shape index (κ1) is 12.2. The fraction of sp³-hybridized carbons (Fsp3) is 0.600. The van der Waals surface area contributed by atoms with E-state index in [4.69, 9.17) is 5.11 Å². The van der Waals surface area contributed by atoms with Crippen LogP contribution in [0.1, 0.15) is 23.1 Å². The lowest BCUT2D eigenvalue weighted by molar-refractivity contribution is 0.238. The summed E-state index contributed by atoms with van der Waals surface area (Å²) in [5, 5.41) is 12.3. The van der Waals surface area contributed by atoms with E-state index < -0.39 is 0 Å². The molecule has 0 amide bonds. The molecule has 4 heteroatoms. The van der Waals surface area contributed by atoms with Gasteiger partial charge in [0, 0.05) is 26.8 Å². The second-order valence-electron chi connectivity index (χ2n) is 3.29. The van der Waals surface area contributed by atoms with Crippen LogP contribution in [-0.2, 0) is 6.54 Å². The van der Waals surface area contributed by atoms with E-state index in [1.165, 1.54) is 14.2 Å². The summed E-state index contributed by atoms with van der Waals surface area (Å²) >= 11 is 5.28. The maximum Gasteiger partial charge on any atom is 0.0584 e. The van der Waals surface area contributed by atoms with E-state index >= 15 is 0 Å². The van der Waals surface area contributed by atoms with Crippen molar-refractivity contribution in [2.45, 2.75) is 32.9 Å². The van der Waals surface area contributed by atoms with Gasteiger partial charge < -0.3 is 10.4 Å². The molecule has 0 saturated carbocycles. The Bertz CT molecular complexity index is 264. The van der Waals surface area contributed by atoms with E-state index in [1.807, 2.05) is 0 Å². The van der Waals surface area contributed by atoms with Crippen LogP contribution in [0.4, 0.5) is 0 Å². The van der Waals surface area contributed by atoms with Crippen molar-refractivity contribution in [1.82, 2.24) is 5.32 Å². The molecule has 0 aliphatic heterocycles. The van der Waals surface area contributed by atoms with Crippen LogP contribution < -0.4 is 5.32 Å². The quantitative estimate of drug-likeness (QED) is 0.868. The lowest BCUT2D eigenvalue weighted by atomic mass is 10.2. The summed E-state index contributed by atoms with van der Waals surface area (Å²) in [7, 11) is 0. The molecule has 0 aromatic carbocycles. The molecule has 0 aliphatic rings. The molecule has 2 nitrogen and oxygen atoms in total. The third-order valence-electron chi connectivity index (χ3n) is 2.19. The van der Waals surface area contributed by atoms with E-state index in [0.29, 0.717) is 0 Å². The molecule has 0 radical (unpaired) electrons. The molecule has 2 N–H and O–H groups in total. The smallest absolute Gasteiger partial charge is 0.0584 e. The molecule has 0 aliphatic carbocycles. The molecular weight excluding hydrogens is 262 g/mol. The first-order chi connectivity index (χ1) is 6.67. The van der Waals surface area contributed by atoms with Crippen molar-refractivity contribution in [3.8, 4) is 0 Å². The highest BCUT2D eigenvalue weighted by molar-refractivity contribution is 9.10. The number of aryl methyl sites for hydroxylation is 1. The highest BCUT2D eigenvalue weighted by atomic mass is 79.9. The molecule has 1 heterocycles. The molecule has 0 fully saturated rings. The SMILES string of the molecule is CCC(CO)NCc1cc(Br)c(C)s1. The lowest BCUT2D eigenvalue weighted by Gasteiger charge is -2.12. The molecule has 1 aromatic rings. The predicted molar refractivity (Wildman–Crippen MR) is 64.8 cm³/mol. The number of aliphatic hydroxyl groups is 1. The molecule has 0 bridgehead atoms. The summed E-state index contributed by atoms with van der Waals surface area (Å²) in [5.41, 5.74) is 0. The molecular formula is C10H16BrNOS.